The van der Waals surface area contributed by atoms with Crippen LogP contribution in [0.4, 0.5) is 0 Å². The first-order valence-electron chi connectivity index (χ1n) is 7.42. The van der Waals surface area contributed by atoms with E-state index >= 15 is 0 Å². The number of likely N-dealkylation sites (tertiary alicyclic amines) is 1. The number of aliphatic carboxylic acids is 1. The normalized spacial score (nSPS) is 17.8. The van der Waals surface area contributed by atoms with Crippen LogP contribution in [0.25, 0.3) is 0 Å². The summed E-state index contributed by atoms with van der Waals surface area (Å²) in [7, 11) is 0. The predicted octanol–water partition coefficient (Wildman–Crippen LogP) is 1.77. The highest BCUT2D eigenvalue weighted by Crippen LogP contribution is 2.20. The van der Waals surface area contributed by atoms with Gasteiger partial charge in [0.15, 0.2) is 0 Å². The lowest BCUT2D eigenvalue weighted by Gasteiger charge is -2.31. The molecule has 1 aliphatic rings. The zero-order valence-electron chi connectivity index (χ0n) is 12.9. The van der Waals surface area contributed by atoms with E-state index in [9.17, 15) is 9.59 Å². The molecule has 1 fully saturated rings. The quantitative estimate of drug-likeness (QED) is 0.918. The molecule has 21 heavy (non-hydrogen) atoms. The molecule has 1 N–H and O–H groups in total. The highest BCUT2D eigenvalue weighted by Gasteiger charge is 2.27. The van der Waals surface area contributed by atoms with Gasteiger partial charge in [0.25, 0.3) is 0 Å². The molecule has 1 atom stereocenters. The average Bonchev–Trinajstić information content (AvgIpc) is 2.77. The SMILES string of the molecule is Cc1cc(C)n(C(C)CC(=O)N2CCC(C(=O)O)CC2)n1. The topological polar surface area (TPSA) is 75.4 Å². The second kappa shape index (κ2) is 6.28. The van der Waals surface area contributed by atoms with Crippen molar-refractivity contribution in [1.82, 2.24) is 14.7 Å². The van der Waals surface area contributed by atoms with Gasteiger partial charge >= 0.3 is 5.97 Å². The van der Waals surface area contributed by atoms with Crippen LogP contribution in [0.3, 0.4) is 0 Å². The highest BCUT2D eigenvalue weighted by molar-refractivity contribution is 5.77. The van der Waals surface area contributed by atoms with Crippen LogP contribution >= 0.6 is 0 Å². The van der Waals surface area contributed by atoms with Gasteiger partial charge in [0.2, 0.25) is 5.91 Å². The van der Waals surface area contributed by atoms with E-state index in [1.807, 2.05) is 31.5 Å². The zero-order valence-corrected chi connectivity index (χ0v) is 12.9. The van der Waals surface area contributed by atoms with E-state index in [-0.39, 0.29) is 17.9 Å². The summed E-state index contributed by atoms with van der Waals surface area (Å²) in [6, 6.07) is 2.02. The molecule has 1 aromatic heterocycles. The van der Waals surface area contributed by atoms with E-state index in [1.54, 1.807) is 4.90 Å². The molecule has 0 saturated carbocycles. The Kier molecular flexibility index (Phi) is 4.65. The van der Waals surface area contributed by atoms with Crippen LogP contribution in [0, 0.1) is 19.8 Å². The first kappa shape index (κ1) is 15.5. The number of hydrogen-bond acceptors (Lipinski definition) is 3. The van der Waals surface area contributed by atoms with Gasteiger partial charge in [-0.1, -0.05) is 0 Å². The molecule has 1 unspecified atom stereocenters. The first-order valence-corrected chi connectivity index (χ1v) is 7.42. The lowest BCUT2D eigenvalue weighted by Crippen LogP contribution is -2.40. The molecule has 116 valence electrons. The first-order chi connectivity index (χ1) is 9.88. The molecule has 0 bridgehead atoms. The van der Waals surface area contributed by atoms with Crippen LogP contribution in [-0.4, -0.2) is 44.8 Å². The fourth-order valence-corrected chi connectivity index (χ4v) is 2.94. The van der Waals surface area contributed by atoms with Crippen molar-refractivity contribution in [1.29, 1.82) is 0 Å². The van der Waals surface area contributed by atoms with Gasteiger partial charge in [-0.05, 0) is 39.7 Å². The summed E-state index contributed by atoms with van der Waals surface area (Å²) in [6.07, 6.45) is 1.50. The van der Waals surface area contributed by atoms with E-state index in [1.165, 1.54) is 0 Å². The molecule has 1 aliphatic heterocycles. The Morgan fingerprint density at radius 1 is 1.38 bits per heavy atom. The molecule has 0 aliphatic carbocycles. The molecule has 6 nitrogen and oxygen atoms in total. The maximum Gasteiger partial charge on any atom is 0.306 e. The summed E-state index contributed by atoms with van der Waals surface area (Å²) >= 11 is 0. The van der Waals surface area contributed by atoms with Crippen LogP contribution in [0.15, 0.2) is 6.07 Å². The summed E-state index contributed by atoms with van der Waals surface area (Å²) in [4.78, 5) is 25.0. The standard InChI is InChI=1S/C15H23N3O3/c1-10-8-11(2)18(16-10)12(3)9-14(19)17-6-4-13(5-7-17)15(20)21/h8,12-13H,4-7,9H2,1-3H3,(H,20,21). The van der Waals surface area contributed by atoms with Gasteiger partial charge in [-0.3, -0.25) is 14.3 Å². The maximum atomic E-state index is 12.3. The van der Waals surface area contributed by atoms with Gasteiger partial charge in [0.1, 0.15) is 0 Å². The van der Waals surface area contributed by atoms with E-state index in [0.29, 0.717) is 32.4 Å². The number of aryl methyl sites for hydroxylation is 2. The molecule has 6 heteroatoms. The van der Waals surface area contributed by atoms with Crippen LogP contribution in [0.1, 0.15) is 43.6 Å². The summed E-state index contributed by atoms with van der Waals surface area (Å²) in [5.74, 6) is -0.973. The number of nitrogens with zero attached hydrogens (tertiary/aromatic N) is 3. The number of hydrogen-bond donors (Lipinski definition) is 1. The number of amides is 1. The number of carbonyl (C=O) groups excluding carboxylic acids is 1. The summed E-state index contributed by atoms with van der Waals surface area (Å²) in [6.45, 7) is 6.99. The Labute approximate surface area is 124 Å². The number of aromatic nitrogens is 2. The van der Waals surface area contributed by atoms with Crippen molar-refractivity contribution in [2.45, 2.75) is 46.1 Å². The average molecular weight is 293 g/mol. The third-order valence-electron chi connectivity index (χ3n) is 4.13. The Balaban J connectivity index is 1.90. The number of carbonyl (C=O) groups is 2. The highest BCUT2D eigenvalue weighted by atomic mass is 16.4. The van der Waals surface area contributed by atoms with Gasteiger partial charge in [-0.15, -0.1) is 0 Å². The third-order valence-corrected chi connectivity index (χ3v) is 4.13. The second-order valence-corrected chi connectivity index (χ2v) is 5.92. The van der Waals surface area contributed by atoms with Crippen molar-refractivity contribution in [3.63, 3.8) is 0 Å². The zero-order chi connectivity index (χ0) is 15.6. The number of rotatable bonds is 4. The van der Waals surface area contributed by atoms with Gasteiger partial charge in [-0.2, -0.15) is 5.10 Å². The molecular formula is C15H23N3O3. The van der Waals surface area contributed by atoms with Crippen molar-refractivity contribution >= 4 is 11.9 Å². The van der Waals surface area contributed by atoms with Crippen LogP contribution in [0.2, 0.25) is 0 Å². The molecule has 0 radical (unpaired) electrons. The van der Waals surface area contributed by atoms with Crippen LogP contribution in [-0.2, 0) is 9.59 Å². The van der Waals surface area contributed by atoms with E-state index < -0.39 is 5.97 Å². The fraction of sp³-hybridized carbons (Fsp3) is 0.667. The summed E-state index contributed by atoms with van der Waals surface area (Å²) in [5.41, 5.74) is 2.01. The van der Waals surface area contributed by atoms with E-state index in [4.69, 9.17) is 5.11 Å². The summed E-state index contributed by atoms with van der Waals surface area (Å²) < 4.78 is 1.89. The molecule has 0 aromatic carbocycles. The Morgan fingerprint density at radius 2 is 2.00 bits per heavy atom. The molecule has 2 heterocycles. The number of carboxylic acid groups (broad SMARTS) is 1. The molecule has 0 spiro atoms. The van der Waals surface area contributed by atoms with Crippen LogP contribution < -0.4 is 0 Å². The molecule has 1 amide bonds. The Bertz CT molecular complexity index is 530. The Hall–Kier alpha value is -1.85. The lowest BCUT2D eigenvalue weighted by molar-refractivity contribution is -0.145. The number of carboxylic acids is 1. The van der Waals surface area contributed by atoms with Crippen LogP contribution in [0.5, 0.6) is 0 Å². The van der Waals surface area contributed by atoms with Gasteiger partial charge in [0, 0.05) is 25.2 Å². The maximum absolute atomic E-state index is 12.3. The van der Waals surface area contributed by atoms with E-state index in [2.05, 4.69) is 5.10 Å². The minimum absolute atomic E-state index is 0.0170. The van der Waals surface area contributed by atoms with Crippen molar-refractivity contribution in [2.24, 2.45) is 5.92 Å². The molecular weight excluding hydrogens is 270 g/mol. The van der Waals surface area contributed by atoms with Crippen molar-refractivity contribution in [3.05, 3.63) is 17.5 Å². The van der Waals surface area contributed by atoms with Crippen molar-refractivity contribution in [3.8, 4) is 0 Å². The minimum atomic E-state index is -0.752. The monoisotopic (exact) mass is 293 g/mol. The minimum Gasteiger partial charge on any atom is -0.481 e. The van der Waals surface area contributed by atoms with Crippen molar-refractivity contribution in [2.75, 3.05) is 13.1 Å². The second-order valence-electron chi connectivity index (χ2n) is 5.92. The Morgan fingerprint density at radius 3 is 2.48 bits per heavy atom. The van der Waals surface area contributed by atoms with Gasteiger partial charge in [0.05, 0.1) is 17.7 Å². The molecule has 1 saturated heterocycles. The fourth-order valence-electron chi connectivity index (χ4n) is 2.94. The van der Waals surface area contributed by atoms with Crippen molar-refractivity contribution < 1.29 is 14.7 Å². The van der Waals surface area contributed by atoms with E-state index in [0.717, 1.165) is 11.4 Å². The van der Waals surface area contributed by atoms with Gasteiger partial charge < -0.3 is 10.0 Å². The number of piperidine rings is 1. The summed E-state index contributed by atoms with van der Waals surface area (Å²) in [5, 5.41) is 13.4. The molecule has 2 rings (SSSR count). The molecule has 1 aromatic rings. The smallest absolute Gasteiger partial charge is 0.306 e. The third kappa shape index (κ3) is 3.62. The predicted molar refractivity (Wildman–Crippen MR) is 78.0 cm³/mol. The largest absolute Gasteiger partial charge is 0.481 e. The van der Waals surface area contributed by atoms with Gasteiger partial charge in [-0.25, -0.2) is 0 Å². The lowest BCUT2D eigenvalue weighted by atomic mass is 9.97.